The molecule has 0 fully saturated rings. The van der Waals surface area contributed by atoms with Gasteiger partial charge in [-0.2, -0.15) is 0 Å². The summed E-state index contributed by atoms with van der Waals surface area (Å²) in [6.07, 6.45) is 0. The van der Waals surface area contributed by atoms with Crippen LogP contribution in [-0.2, 0) is 0 Å². The molecule has 0 radical (unpaired) electrons. The Bertz CT molecular complexity index is 1010. The Morgan fingerprint density at radius 3 is 2.41 bits per heavy atom. The zero-order chi connectivity index (χ0) is 15.1. The van der Waals surface area contributed by atoms with Gasteiger partial charge in [-0.25, -0.2) is 0 Å². The number of fused-ring (bicyclic) bond motifs is 2. The highest BCUT2D eigenvalue weighted by atomic mass is 32.1. The molecule has 0 aliphatic carbocycles. The van der Waals surface area contributed by atoms with E-state index in [0.717, 1.165) is 20.9 Å². The van der Waals surface area contributed by atoms with E-state index in [2.05, 4.69) is 0 Å². The second-order valence-electron chi connectivity index (χ2n) is 5.17. The molecule has 0 atom stereocenters. The van der Waals surface area contributed by atoms with Crippen LogP contribution in [0.3, 0.4) is 0 Å². The molecule has 0 saturated carbocycles. The second-order valence-corrected chi connectivity index (χ2v) is 6.22. The van der Waals surface area contributed by atoms with Gasteiger partial charge in [0.1, 0.15) is 10.6 Å². The van der Waals surface area contributed by atoms with Gasteiger partial charge < -0.3 is 5.11 Å². The lowest BCUT2D eigenvalue weighted by atomic mass is 10.0. The van der Waals surface area contributed by atoms with E-state index in [-0.39, 0.29) is 11.5 Å². The van der Waals surface area contributed by atoms with Crippen LogP contribution in [0.25, 0.3) is 20.9 Å². The fourth-order valence-electron chi connectivity index (χ4n) is 2.65. The SMILES string of the molecule is O=C(c1ccc2ccccc2c1)c1sc2ccccc2c1O. The van der Waals surface area contributed by atoms with Gasteiger partial charge in [0.15, 0.2) is 0 Å². The molecule has 2 nitrogen and oxygen atoms in total. The van der Waals surface area contributed by atoms with Crippen LogP contribution in [-0.4, -0.2) is 10.9 Å². The van der Waals surface area contributed by atoms with E-state index in [1.165, 1.54) is 11.3 Å². The summed E-state index contributed by atoms with van der Waals surface area (Å²) in [5.41, 5.74) is 0.598. The van der Waals surface area contributed by atoms with Crippen molar-refractivity contribution in [3.05, 3.63) is 77.2 Å². The van der Waals surface area contributed by atoms with Crippen LogP contribution in [0.5, 0.6) is 5.75 Å². The minimum absolute atomic E-state index is 0.0822. The van der Waals surface area contributed by atoms with Crippen molar-refractivity contribution < 1.29 is 9.90 Å². The average molecular weight is 304 g/mol. The first-order chi connectivity index (χ1) is 10.7. The summed E-state index contributed by atoms with van der Waals surface area (Å²) in [5.74, 6) is -0.0526. The van der Waals surface area contributed by atoms with E-state index in [9.17, 15) is 9.90 Å². The number of rotatable bonds is 2. The lowest BCUT2D eigenvalue weighted by Crippen LogP contribution is -1.98. The van der Waals surface area contributed by atoms with Gasteiger partial charge in [-0.3, -0.25) is 4.79 Å². The quantitative estimate of drug-likeness (QED) is 0.530. The largest absolute Gasteiger partial charge is 0.506 e. The average Bonchev–Trinajstić information content (AvgIpc) is 2.91. The van der Waals surface area contributed by atoms with Gasteiger partial charge in [-0.05, 0) is 29.0 Å². The maximum absolute atomic E-state index is 12.7. The van der Waals surface area contributed by atoms with Gasteiger partial charge in [0.2, 0.25) is 5.78 Å². The minimum atomic E-state index is -0.135. The summed E-state index contributed by atoms with van der Waals surface area (Å²) in [4.78, 5) is 13.1. The summed E-state index contributed by atoms with van der Waals surface area (Å²) in [7, 11) is 0. The van der Waals surface area contributed by atoms with Gasteiger partial charge in [-0.1, -0.05) is 48.5 Å². The first kappa shape index (κ1) is 13.0. The lowest BCUT2D eigenvalue weighted by molar-refractivity contribution is 0.104. The molecule has 0 spiro atoms. The molecule has 1 heterocycles. The van der Waals surface area contributed by atoms with Crippen LogP contribution in [0.1, 0.15) is 15.2 Å². The van der Waals surface area contributed by atoms with Crippen LogP contribution < -0.4 is 0 Å². The number of aromatic hydroxyl groups is 1. The minimum Gasteiger partial charge on any atom is -0.506 e. The molecule has 3 aromatic carbocycles. The van der Waals surface area contributed by atoms with Gasteiger partial charge in [-0.15, -0.1) is 11.3 Å². The van der Waals surface area contributed by atoms with Gasteiger partial charge in [0, 0.05) is 15.6 Å². The summed E-state index contributed by atoms with van der Waals surface area (Å²) in [6.45, 7) is 0. The monoisotopic (exact) mass is 304 g/mol. The molecular weight excluding hydrogens is 292 g/mol. The van der Waals surface area contributed by atoms with E-state index in [4.69, 9.17) is 0 Å². The number of carbonyl (C=O) groups excluding carboxylic acids is 1. The fourth-order valence-corrected chi connectivity index (χ4v) is 3.71. The van der Waals surface area contributed by atoms with Crippen LogP contribution in [0.15, 0.2) is 66.7 Å². The summed E-state index contributed by atoms with van der Waals surface area (Å²) >= 11 is 1.33. The van der Waals surface area contributed by atoms with E-state index >= 15 is 0 Å². The molecule has 106 valence electrons. The maximum Gasteiger partial charge on any atom is 0.206 e. The van der Waals surface area contributed by atoms with E-state index in [0.29, 0.717) is 10.4 Å². The van der Waals surface area contributed by atoms with Gasteiger partial charge >= 0.3 is 0 Å². The van der Waals surface area contributed by atoms with Crippen molar-refractivity contribution in [1.29, 1.82) is 0 Å². The second kappa shape index (κ2) is 4.97. The Labute approximate surface area is 131 Å². The maximum atomic E-state index is 12.7. The summed E-state index contributed by atoms with van der Waals surface area (Å²) < 4.78 is 0.920. The van der Waals surface area contributed by atoms with Crippen LogP contribution in [0, 0.1) is 0 Å². The van der Waals surface area contributed by atoms with Crippen LogP contribution >= 0.6 is 11.3 Å². The Morgan fingerprint density at radius 1 is 0.864 bits per heavy atom. The highest BCUT2D eigenvalue weighted by Crippen LogP contribution is 2.38. The number of ketones is 1. The Hall–Kier alpha value is -2.65. The van der Waals surface area contributed by atoms with E-state index in [1.807, 2.05) is 66.7 Å². The smallest absolute Gasteiger partial charge is 0.206 e. The van der Waals surface area contributed by atoms with Crippen molar-refractivity contribution >= 4 is 38.0 Å². The molecule has 22 heavy (non-hydrogen) atoms. The van der Waals surface area contributed by atoms with E-state index in [1.54, 1.807) is 0 Å². The molecule has 0 unspecified atom stereocenters. The van der Waals surface area contributed by atoms with Crippen molar-refractivity contribution in [1.82, 2.24) is 0 Å². The Morgan fingerprint density at radius 2 is 1.59 bits per heavy atom. The summed E-state index contributed by atoms with van der Waals surface area (Å²) in [5, 5.41) is 13.2. The highest BCUT2D eigenvalue weighted by Gasteiger charge is 2.19. The molecule has 0 aliphatic heterocycles. The third-order valence-corrected chi connectivity index (χ3v) is 4.95. The highest BCUT2D eigenvalue weighted by molar-refractivity contribution is 7.21. The van der Waals surface area contributed by atoms with Crippen LogP contribution in [0.4, 0.5) is 0 Å². The molecule has 0 saturated heterocycles. The Kier molecular flexibility index (Phi) is 2.94. The van der Waals surface area contributed by atoms with Gasteiger partial charge in [0.05, 0.1) is 0 Å². The van der Waals surface area contributed by atoms with Crippen molar-refractivity contribution in [3.63, 3.8) is 0 Å². The van der Waals surface area contributed by atoms with Crippen molar-refractivity contribution in [2.45, 2.75) is 0 Å². The fraction of sp³-hybridized carbons (Fsp3) is 0. The molecule has 0 amide bonds. The third kappa shape index (κ3) is 1.98. The number of thiophene rings is 1. The normalized spacial score (nSPS) is 11.1. The zero-order valence-electron chi connectivity index (χ0n) is 11.6. The number of carbonyl (C=O) groups is 1. The Balaban J connectivity index is 1.86. The molecule has 0 bridgehead atoms. The van der Waals surface area contributed by atoms with Crippen LogP contribution in [0.2, 0.25) is 0 Å². The van der Waals surface area contributed by atoms with Crippen molar-refractivity contribution in [3.8, 4) is 5.75 Å². The molecule has 1 N–H and O–H groups in total. The summed E-state index contributed by atoms with van der Waals surface area (Å²) in [6, 6.07) is 21.1. The topological polar surface area (TPSA) is 37.3 Å². The third-order valence-electron chi connectivity index (χ3n) is 3.79. The lowest BCUT2D eigenvalue weighted by Gasteiger charge is -2.02. The molecular formula is C19H12O2S. The zero-order valence-corrected chi connectivity index (χ0v) is 12.4. The molecule has 1 aromatic heterocycles. The standard InChI is InChI=1S/C19H12O2S/c20-17(14-10-9-12-5-1-2-6-13(12)11-14)19-18(21)15-7-3-4-8-16(15)22-19/h1-11,21H. The predicted octanol–water partition coefficient (Wildman–Crippen LogP) is 4.99. The molecule has 4 aromatic rings. The van der Waals surface area contributed by atoms with Crippen molar-refractivity contribution in [2.75, 3.05) is 0 Å². The molecule has 4 rings (SSSR count). The van der Waals surface area contributed by atoms with Gasteiger partial charge in [0.25, 0.3) is 0 Å². The van der Waals surface area contributed by atoms with Crippen molar-refractivity contribution in [2.24, 2.45) is 0 Å². The predicted molar refractivity (Wildman–Crippen MR) is 90.9 cm³/mol. The number of hydrogen-bond acceptors (Lipinski definition) is 3. The first-order valence-corrected chi connectivity index (χ1v) is 7.80. The number of hydrogen-bond donors (Lipinski definition) is 1. The first-order valence-electron chi connectivity index (χ1n) is 6.98. The number of benzene rings is 3. The van der Waals surface area contributed by atoms with E-state index < -0.39 is 0 Å². The molecule has 0 aliphatic rings. The molecule has 3 heteroatoms.